The van der Waals surface area contributed by atoms with Gasteiger partial charge in [0.25, 0.3) is 0 Å². The number of carbonyl (C=O) groups is 1. The Bertz CT molecular complexity index is 473. The Morgan fingerprint density at radius 3 is 2.73 bits per heavy atom. The third-order valence-corrected chi connectivity index (χ3v) is 4.48. The van der Waals surface area contributed by atoms with Gasteiger partial charge in [0.15, 0.2) is 0 Å². The number of likely N-dealkylation sites (N-methyl/N-ethyl adjacent to an activating group) is 1. The number of aromatic nitrogens is 1. The molecule has 6 nitrogen and oxygen atoms in total. The Morgan fingerprint density at radius 1 is 1.41 bits per heavy atom. The fourth-order valence-electron chi connectivity index (χ4n) is 2.31. The number of rotatable bonds is 6. The van der Waals surface area contributed by atoms with Crippen molar-refractivity contribution in [1.29, 1.82) is 0 Å². The molecule has 1 saturated heterocycles. The van der Waals surface area contributed by atoms with Crippen LogP contribution in [0.4, 0.5) is 11.5 Å². The second-order valence-corrected chi connectivity index (χ2v) is 6.55. The number of piperazine rings is 1. The highest BCUT2D eigenvalue weighted by Crippen LogP contribution is 2.17. The van der Waals surface area contributed by atoms with Crippen LogP contribution in [0.3, 0.4) is 0 Å². The predicted molar refractivity (Wildman–Crippen MR) is 93.6 cm³/mol. The average molecular weight is 323 g/mol. The summed E-state index contributed by atoms with van der Waals surface area (Å²) < 4.78 is 0. The average Bonchev–Trinajstić information content (AvgIpc) is 2.54. The zero-order valence-corrected chi connectivity index (χ0v) is 14.1. The molecule has 7 heteroatoms. The highest BCUT2D eigenvalue weighted by molar-refractivity contribution is 7.98. The van der Waals surface area contributed by atoms with E-state index in [1.54, 1.807) is 11.8 Å². The normalized spacial score (nSPS) is 17.3. The predicted octanol–water partition coefficient (Wildman–Crippen LogP) is 0.852. The number of pyridine rings is 1. The van der Waals surface area contributed by atoms with E-state index in [2.05, 4.69) is 27.1 Å². The molecule has 1 unspecified atom stereocenters. The second kappa shape index (κ2) is 8.36. The Hall–Kier alpha value is -1.31. The highest BCUT2D eigenvalue weighted by Gasteiger charge is 2.16. The third kappa shape index (κ3) is 4.86. The van der Waals surface area contributed by atoms with Crippen LogP contribution in [0.5, 0.6) is 0 Å². The van der Waals surface area contributed by atoms with Crippen molar-refractivity contribution in [2.24, 2.45) is 5.73 Å². The largest absolute Gasteiger partial charge is 0.368 e. The molecule has 0 aromatic carbocycles. The summed E-state index contributed by atoms with van der Waals surface area (Å²) in [5.41, 5.74) is 6.94. The molecule has 2 heterocycles. The molecule has 1 atom stereocenters. The molecule has 1 aliphatic rings. The second-order valence-electron chi connectivity index (χ2n) is 5.57. The van der Waals surface area contributed by atoms with Gasteiger partial charge in [-0.15, -0.1) is 0 Å². The molecule has 2 rings (SSSR count). The van der Waals surface area contributed by atoms with Crippen molar-refractivity contribution >= 4 is 29.2 Å². The van der Waals surface area contributed by atoms with Crippen LogP contribution in [0.2, 0.25) is 0 Å². The molecule has 0 aliphatic carbocycles. The van der Waals surface area contributed by atoms with E-state index in [4.69, 9.17) is 5.73 Å². The monoisotopic (exact) mass is 323 g/mol. The van der Waals surface area contributed by atoms with Gasteiger partial charge in [0.05, 0.1) is 17.9 Å². The lowest BCUT2D eigenvalue weighted by molar-refractivity contribution is -0.117. The van der Waals surface area contributed by atoms with E-state index >= 15 is 0 Å². The topological polar surface area (TPSA) is 74.5 Å². The van der Waals surface area contributed by atoms with E-state index in [0.717, 1.165) is 37.6 Å². The van der Waals surface area contributed by atoms with E-state index in [1.807, 2.05) is 24.6 Å². The Labute approximate surface area is 136 Å². The summed E-state index contributed by atoms with van der Waals surface area (Å²) in [7, 11) is 2.13. The van der Waals surface area contributed by atoms with Gasteiger partial charge in [-0.2, -0.15) is 11.8 Å². The van der Waals surface area contributed by atoms with Gasteiger partial charge in [-0.1, -0.05) is 0 Å². The molecular formula is C15H25N5OS. The van der Waals surface area contributed by atoms with Crippen LogP contribution < -0.4 is 16.0 Å². The molecule has 122 valence electrons. The summed E-state index contributed by atoms with van der Waals surface area (Å²) in [6.07, 6.45) is 4.49. The molecule has 3 N–H and O–H groups in total. The van der Waals surface area contributed by atoms with Crippen molar-refractivity contribution in [1.82, 2.24) is 9.88 Å². The fourth-order valence-corrected chi connectivity index (χ4v) is 2.80. The van der Waals surface area contributed by atoms with Crippen molar-refractivity contribution in [3.8, 4) is 0 Å². The number of amides is 1. The molecule has 0 radical (unpaired) electrons. The van der Waals surface area contributed by atoms with E-state index < -0.39 is 6.04 Å². The summed E-state index contributed by atoms with van der Waals surface area (Å²) in [5.74, 6) is 1.26. The SMILES string of the molecule is CSCCC(N)C(=O)Nc1ccc(N2CCN(C)CC2)cn1. The van der Waals surface area contributed by atoms with Crippen LogP contribution in [0, 0.1) is 0 Å². The summed E-state index contributed by atoms with van der Waals surface area (Å²) in [6.45, 7) is 4.12. The molecule has 1 amide bonds. The summed E-state index contributed by atoms with van der Waals surface area (Å²) in [5, 5.41) is 2.78. The molecule has 1 fully saturated rings. The summed E-state index contributed by atoms with van der Waals surface area (Å²) >= 11 is 1.69. The van der Waals surface area contributed by atoms with Gasteiger partial charge >= 0.3 is 0 Å². The van der Waals surface area contributed by atoms with Gasteiger partial charge in [-0.05, 0) is 37.6 Å². The number of hydrogen-bond donors (Lipinski definition) is 2. The van der Waals surface area contributed by atoms with Crippen molar-refractivity contribution in [3.05, 3.63) is 18.3 Å². The fraction of sp³-hybridized carbons (Fsp3) is 0.600. The standard InChI is InChI=1S/C15H25N5OS/c1-19-6-8-20(9-7-19)12-3-4-14(17-11-12)18-15(21)13(16)5-10-22-2/h3-4,11,13H,5-10,16H2,1-2H3,(H,17,18,21). The van der Waals surface area contributed by atoms with Gasteiger partial charge in [0.2, 0.25) is 5.91 Å². The van der Waals surface area contributed by atoms with Crippen LogP contribution in [0.15, 0.2) is 18.3 Å². The number of hydrogen-bond acceptors (Lipinski definition) is 6. The molecular weight excluding hydrogens is 298 g/mol. The van der Waals surface area contributed by atoms with Gasteiger partial charge in [0, 0.05) is 26.2 Å². The van der Waals surface area contributed by atoms with Crippen molar-refractivity contribution < 1.29 is 4.79 Å². The van der Waals surface area contributed by atoms with Gasteiger partial charge in [0.1, 0.15) is 5.82 Å². The van der Waals surface area contributed by atoms with E-state index in [9.17, 15) is 4.79 Å². The molecule has 22 heavy (non-hydrogen) atoms. The lowest BCUT2D eigenvalue weighted by Crippen LogP contribution is -2.44. The van der Waals surface area contributed by atoms with Crippen LogP contribution in [0.25, 0.3) is 0 Å². The van der Waals surface area contributed by atoms with Crippen molar-refractivity contribution in [2.75, 3.05) is 55.5 Å². The van der Waals surface area contributed by atoms with Crippen molar-refractivity contribution in [3.63, 3.8) is 0 Å². The summed E-state index contributed by atoms with van der Waals surface area (Å²) in [4.78, 5) is 20.9. The maximum atomic E-state index is 11.9. The van der Waals surface area contributed by atoms with E-state index in [-0.39, 0.29) is 5.91 Å². The van der Waals surface area contributed by atoms with Crippen LogP contribution in [0.1, 0.15) is 6.42 Å². The van der Waals surface area contributed by atoms with E-state index in [0.29, 0.717) is 12.2 Å². The molecule has 1 aromatic rings. The van der Waals surface area contributed by atoms with Gasteiger partial charge in [-0.3, -0.25) is 4.79 Å². The van der Waals surface area contributed by atoms with Crippen molar-refractivity contribution in [2.45, 2.75) is 12.5 Å². The maximum absolute atomic E-state index is 11.9. The highest BCUT2D eigenvalue weighted by atomic mass is 32.2. The Balaban J connectivity index is 1.87. The number of carbonyl (C=O) groups excluding carboxylic acids is 1. The number of nitrogens with one attached hydrogen (secondary N) is 1. The zero-order valence-electron chi connectivity index (χ0n) is 13.3. The van der Waals surface area contributed by atoms with Gasteiger partial charge in [-0.25, -0.2) is 4.98 Å². The minimum Gasteiger partial charge on any atom is -0.368 e. The third-order valence-electron chi connectivity index (χ3n) is 3.84. The smallest absolute Gasteiger partial charge is 0.242 e. The molecule has 0 bridgehead atoms. The molecule has 1 aromatic heterocycles. The first-order valence-electron chi connectivity index (χ1n) is 7.55. The summed E-state index contributed by atoms with van der Waals surface area (Å²) in [6, 6.07) is 3.36. The molecule has 0 spiro atoms. The van der Waals surface area contributed by atoms with Crippen LogP contribution in [-0.4, -0.2) is 67.1 Å². The van der Waals surface area contributed by atoms with E-state index in [1.165, 1.54) is 0 Å². The minimum atomic E-state index is -0.480. The lowest BCUT2D eigenvalue weighted by Gasteiger charge is -2.33. The minimum absolute atomic E-state index is 0.172. The number of nitrogens with zero attached hydrogens (tertiary/aromatic N) is 3. The lowest BCUT2D eigenvalue weighted by atomic mass is 10.2. The maximum Gasteiger partial charge on any atom is 0.242 e. The molecule has 0 saturated carbocycles. The van der Waals surface area contributed by atoms with Crippen LogP contribution >= 0.6 is 11.8 Å². The first kappa shape index (κ1) is 17.1. The zero-order chi connectivity index (χ0) is 15.9. The number of thioether (sulfide) groups is 1. The Kier molecular flexibility index (Phi) is 6.48. The molecule has 1 aliphatic heterocycles. The van der Waals surface area contributed by atoms with Gasteiger partial charge < -0.3 is 20.9 Å². The number of nitrogens with two attached hydrogens (primary N) is 1. The Morgan fingerprint density at radius 2 is 2.14 bits per heavy atom. The number of anilines is 2. The first-order valence-corrected chi connectivity index (χ1v) is 8.94. The quantitative estimate of drug-likeness (QED) is 0.808. The van der Waals surface area contributed by atoms with Crippen LogP contribution in [-0.2, 0) is 4.79 Å². The first-order chi connectivity index (χ1) is 10.6.